The predicted octanol–water partition coefficient (Wildman–Crippen LogP) is 3.21. The lowest BCUT2D eigenvalue weighted by atomic mass is 9.93. The van der Waals surface area contributed by atoms with E-state index < -0.39 is 11.1 Å². The van der Waals surface area contributed by atoms with Crippen molar-refractivity contribution < 1.29 is 8.76 Å². The quantitative estimate of drug-likeness (QED) is 0.778. The van der Waals surface area contributed by atoms with Crippen molar-refractivity contribution in [3.8, 4) is 0 Å². The average molecular weight is 247 g/mol. The molecule has 0 aromatic heterocycles. The molecule has 3 heteroatoms. The van der Waals surface area contributed by atoms with Gasteiger partial charge in [-0.3, -0.25) is 4.21 Å². The van der Waals surface area contributed by atoms with E-state index in [1.165, 1.54) is 5.39 Å². The highest BCUT2D eigenvalue weighted by molar-refractivity contribution is 7.79. The molecule has 0 aliphatic heterocycles. The third-order valence-corrected chi connectivity index (χ3v) is 3.77. The van der Waals surface area contributed by atoms with Crippen LogP contribution in [0.5, 0.6) is 0 Å². The molecule has 0 aliphatic carbocycles. The van der Waals surface area contributed by atoms with E-state index in [9.17, 15) is 8.76 Å². The van der Waals surface area contributed by atoms with Crippen molar-refractivity contribution >= 4 is 21.9 Å². The molecule has 0 aliphatic rings. The van der Waals surface area contributed by atoms with E-state index in [2.05, 4.69) is 18.2 Å². The van der Waals surface area contributed by atoms with Crippen LogP contribution in [0.2, 0.25) is 0 Å². The van der Waals surface area contributed by atoms with Crippen LogP contribution in [0.1, 0.15) is 24.8 Å². The SMILES string of the molecule is CCC(CS(=O)[O-])c1cccc2ccccc12. The second-order valence-electron chi connectivity index (χ2n) is 4.14. The number of hydrogen-bond donors (Lipinski definition) is 0. The van der Waals surface area contributed by atoms with Gasteiger partial charge in [-0.1, -0.05) is 60.5 Å². The van der Waals surface area contributed by atoms with Crippen molar-refractivity contribution in [2.24, 2.45) is 0 Å². The molecule has 17 heavy (non-hydrogen) atoms. The first-order valence-electron chi connectivity index (χ1n) is 5.76. The van der Waals surface area contributed by atoms with E-state index in [-0.39, 0.29) is 11.7 Å². The monoisotopic (exact) mass is 247 g/mol. The lowest BCUT2D eigenvalue weighted by Crippen LogP contribution is -2.08. The van der Waals surface area contributed by atoms with E-state index in [1.54, 1.807) is 0 Å². The maximum Gasteiger partial charge on any atom is 0.0171 e. The molecule has 0 heterocycles. The summed E-state index contributed by atoms with van der Waals surface area (Å²) >= 11 is -1.99. The molecule has 0 amide bonds. The van der Waals surface area contributed by atoms with Gasteiger partial charge < -0.3 is 4.55 Å². The van der Waals surface area contributed by atoms with Crippen LogP contribution in [0.4, 0.5) is 0 Å². The fourth-order valence-electron chi connectivity index (χ4n) is 2.20. The van der Waals surface area contributed by atoms with Crippen molar-refractivity contribution in [2.75, 3.05) is 5.75 Å². The van der Waals surface area contributed by atoms with Gasteiger partial charge in [-0.25, -0.2) is 0 Å². The molecular formula is C14H15O2S-. The fourth-order valence-corrected chi connectivity index (χ4v) is 2.94. The highest BCUT2D eigenvalue weighted by Crippen LogP contribution is 2.28. The van der Waals surface area contributed by atoms with Crippen molar-refractivity contribution in [3.63, 3.8) is 0 Å². The number of fused-ring (bicyclic) bond motifs is 1. The van der Waals surface area contributed by atoms with Crippen LogP contribution in [0.15, 0.2) is 42.5 Å². The van der Waals surface area contributed by atoms with Gasteiger partial charge in [0.15, 0.2) is 0 Å². The zero-order chi connectivity index (χ0) is 12.3. The van der Waals surface area contributed by atoms with Gasteiger partial charge >= 0.3 is 0 Å². The van der Waals surface area contributed by atoms with Crippen LogP contribution < -0.4 is 0 Å². The Labute approximate surface area is 104 Å². The molecule has 2 aromatic rings. The summed E-state index contributed by atoms with van der Waals surface area (Å²) in [4.78, 5) is 0. The van der Waals surface area contributed by atoms with Gasteiger partial charge in [0.25, 0.3) is 0 Å². The Hall–Kier alpha value is -1.19. The average Bonchev–Trinajstić information content (AvgIpc) is 2.35. The van der Waals surface area contributed by atoms with Gasteiger partial charge in [0.1, 0.15) is 0 Å². The van der Waals surface area contributed by atoms with Crippen LogP contribution in [-0.2, 0) is 11.1 Å². The number of hydrogen-bond acceptors (Lipinski definition) is 2. The van der Waals surface area contributed by atoms with Crippen LogP contribution in [0.3, 0.4) is 0 Å². The first kappa shape index (κ1) is 12.3. The summed E-state index contributed by atoms with van der Waals surface area (Å²) in [5, 5.41) is 2.33. The molecule has 0 saturated carbocycles. The Balaban J connectivity index is 2.49. The van der Waals surface area contributed by atoms with Crippen LogP contribution in [0.25, 0.3) is 10.8 Å². The standard InChI is InChI=1S/C14H16O2S/c1-2-11(10-17(15)16)13-9-5-7-12-6-3-4-8-14(12)13/h3-9,11H,2,10H2,1H3,(H,15,16)/p-1. The van der Waals surface area contributed by atoms with Gasteiger partial charge in [0.05, 0.1) is 0 Å². The Kier molecular flexibility index (Phi) is 3.92. The summed E-state index contributed by atoms with van der Waals surface area (Å²) in [5.74, 6) is 0.282. The highest BCUT2D eigenvalue weighted by Gasteiger charge is 2.12. The highest BCUT2D eigenvalue weighted by atomic mass is 32.2. The molecule has 0 N–H and O–H groups in total. The predicted molar refractivity (Wildman–Crippen MR) is 70.8 cm³/mol. The summed E-state index contributed by atoms with van der Waals surface area (Å²) < 4.78 is 21.8. The molecule has 2 unspecified atom stereocenters. The van der Waals surface area contributed by atoms with Crippen LogP contribution in [-0.4, -0.2) is 14.5 Å². The third kappa shape index (κ3) is 2.73. The molecule has 2 aromatic carbocycles. The van der Waals surface area contributed by atoms with Crippen molar-refractivity contribution in [1.29, 1.82) is 0 Å². The van der Waals surface area contributed by atoms with Crippen molar-refractivity contribution in [2.45, 2.75) is 19.3 Å². The number of rotatable bonds is 4. The molecule has 90 valence electrons. The zero-order valence-corrected chi connectivity index (χ0v) is 10.6. The lowest BCUT2D eigenvalue weighted by Gasteiger charge is -2.18. The molecular weight excluding hydrogens is 232 g/mol. The van der Waals surface area contributed by atoms with E-state index in [1.807, 2.05) is 31.2 Å². The van der Waals surface area contributed by atoms with Gasteiger partial charge in [-0.2, -0.15) is 0 Å². The molecule has 0 radical (unpaired) electrons. The topological polar surface area (TPSA) is 40.1 Å². The van der Waals surface area contributed by atoms with Gasteiger partial charge in [0, 0.05) is 5.75 Å². The van der Waals surface area contributed by atoms with Crippen molar-refractivity contribution in [1.82, 2.24) is 0 Å². The maximum absolute atomic E-state index is 10.9. The zero-order valence-electron chi connectivity index (χ0n) is 9.76. The smallest absolute Gasteiger partial charge is 0.0171 e. The van der Waals surface area contributed by atoms with Gasteiger partial charge in [-0.05, 0) is 28.7 Å². The second-order valence-corrected chi connectivity index (χ2v) is 5.08. The van der Waals surface area contributed by atoms with Crippen LogP contribution >= 0.6 is 0 Å². The third-order valence-electron chi connectivity index (χ3n) is 3.09. The Bertz CT molecular complexity index is 531. The molecule has 0 saturated heterocycles. The van der Waals surface area contributed by atoms with E-state index in [0.29, 0.717) is 0 Å². The molecule has 2 nitrogen and oxygen atoms in total. The van der Waals surface area contributed by atoms with E-state index in [4.69, 9.17) is 0 Å². The van der Waals surface area contributed by atoms with Crippen LogP contribution in [0, 0.1) is 0 Å². The normalized spacial score (nSPS) is 14.7. The molecule has 2 atom stereocenters. The van der Waals surface area contributed by atoms with Gasteiger partial charge in [0.2, 0.25) is 0 Å². The maximum atomic E-state index is 10.9. The molecule has 0 fully saturated rings. The molecule has 0 spiro atoms. The molecule has 0 bridgehead atoms. The summed E-state index contributed by atoms with van der Waals surface area (Å²) in [6.07, 6.45) is 0.835. The summed E-state index contributed by atoms with van der Waals surface area (Å²) in [6.45, 7) is 2.03. The first-order chi connectivity index (χ1) is 8.22. The first-order valence-corrected chi connectivity index (χ1v) is 7.00. The second kappa shape index (κ2) is 5.43. The summed E-state index contributed by atoms with van der Waals surface area (Å²) in [6, 6.07) is 14.2. The van der Waals surface area contributed by atoms with Gasteiger partial charge in [-0.15, -0.1) is 0 Å². The number of benzene rings is 2. The minimum Gasteiger partial charge on any atom is -0.772 e. The summed E-state index contributed by atoms with van der Waals surface area (Å²) in [7, 11) is 0. The van der Waals surface area contributed by atoms with E-state index >= 15 is 0 Å². The molecule has 2 rings (SSSR count). The Morgan fingerprint density at radius 3 is 2.59 bits per heavy atom. The Morgan fingerprint density at radius 1 is 1.18 bits per heavy atom. The summed E-state index contributed by atoms with van der Waals surface area (Å²) in [5.41, 5.74) is 1.13. The lowest BCUT2D eigenvalue weighted by molar-refractivity contribution is 0.529. The van der Waals surface area contributed by atoms with Crippen molar-refractivity contribution in [3.05, 3.63) is 48.0 Å². The fraction of sp³-hybridized carbons (Fsp3) is 0.286. The van der Waals surface area contributed by atoms with E-state index in [0.717, 1.165) is 17.4 Å². The largest absolute Gasteiger partial charge is 0.772 e. The minimum absolute atomic E-state index is 0.0828. The minimum atomic E-state index is -1.99. The Morgan fingerprint density at radius 2 is 1.88 bits per heavy atom.